The summed E-state index contributed by atoms with van der Waals surface area (Å²) in [6, 6.07) is 0. The van der Waals surface area contributed by atoms with Crippen LogP contribution in [0.5, 0.6) is 0 Å². The first kappa shape index (κ1) is 32.1. The first-order valence-corrected chi connectivity index (χ1v) is 9.78. The van der Waals surface area contributed by atoms with Gasteiger partial charge in [-0.2, -0.15) is 52.7 Å². The topological polar surface area (TPSA) is 84.8 Å². The molecule has 220 valence electrons. The van der Waals surface area contributed by atoms with E-state index in [0.717, 1.165) is 0 Å². The van der Waals surface area contributed by atoms with Gasteiger partial charge < -0.3 is 38.3 Å². The molecule has 0 bridgehead atoms. The third-order valence-corrected chi connectivity index (χ3v) is 5.25. The molecule has 2 saturated heterocycles. The summed E-state index contributed by atoms with van der Waals surface area (Å²) in [7, 11) is -0.268. The lowest BCUT2D eigenvalue weighted by Gasteiger charge is -2.41. The minimum atomic E-state index is -6.50. The second-order valence-corrected chi connectivity index (χ2v) is 8.16. The number of aliphatic hydroxyl groups is 1. The van der Waals surface area contributed by atoms with E-state index in [4.69, 9.17) is 14.2 Å². The summed E-state index contributed by atoms with van der Waals surface area (Å²) in [6.07, 6.45) is -37.2. The van der Waals surface area contributed by atoms with Crippen LogP contribution in [-0.4, -0.2) is 98.7 Å². The number of alkyl halides is 12. The number of hydrogen-bond donors (Lipinski definition) is 1. The second-order valence-electron chi connectivity index (χ2n) is 8.16. The molecule has 2 aliphatic heterocycles. The minimum absolute atomic E-state index is 0.128. The Kier molecular flexibility index (Phi) is 8.48. The Labute approximate surface area is 199 Å². The number of ether oxygens (including phenoxy) is 7. The summed E-state index contributed by atoms with van der Waals surface area (Å²) < 4.78 is 191. The molecule has 0 amide bonds. The fourth-order valence-corrected chi connectivity index (χ4v) is 3.62. The summed E-state index contributed by atoms with van der Waals surface area (Å²) in [4.78, 5) is 0. The summed E-state index contributed by atoms with van der Waals surface area (Å²) in [5.41, 5.74) is 0. The van der Waals surface area contributed by atoms with E-state index in [2.05, 4.69) is 18.9 Å². The molecular weight excluding hydrogens is 560 g/mol. The second kappa shape index (κ2) is 9.79. The molecule has 0 aromatic rings. The number of halogens is 12. The normalized spacial score (nSPS) is 28.5. The fourth-order valence-electron chi connectivity index (χ4n) is 3.62. The van der Waals surface area contributed by atoms with E-state index in [1.165, 1.54) is 13.8 Å². The van der Waals surface area contributed by atoms with Gasteiger partial charge in [-0.05, 0) is 13.8 Å². The van der Waals surface area contributed by atoms with Crippen LogP contribution in [0.25, 0.3) is 0 Å². The molecule has 0 saturated carbocycles. The van der Waals surface area contributed by atoms with Crippen molar-refractivity contribution in [1.29, 1.82) is 0 Å². The maximum Gasteiger partial charge on any atom is 0.453 e. The molecule has 0 aromatic carbocycles. The highest BCUT2D eigenvalue weighted by Crippen LogP contribution is 2.50. The monoisotopic (exact) mass is 580 g/mol. The molecule has 0 aromatic heterocycles. The molecule has 8 nitrogen and oxygen atoms in total. The van der Waals surface area contributed by atoms with Gasteiger partial charge in [-0.3, -0.25) is 0 Å². The van der Waals surface area contributed by atoms with E-state index in [9.17, 15) is 57.8 Å². The first-order chi connectivity index (χ1) is 16.4. The largest absolute Gasteiger partial charge is 0.453 e. The number of methoxy groups -OCH3 is 2. The molecular formula is C17H20F12O8. The van der Waals surface area contributed by atoms with E-state index < -0.39 is 79.4 Å². The van der Waals surface area contributed by atoms with Gasteiger partial charge in [0.2, 0.25) is 0 Å². The summed E-state index contributed by atoms with van der Waals surface area (Å²) in [5.74, 6) is -12.6. The predicted octanol–water partition coefficient (Wildman–Crippen LogP) is 3.56. The number of rotatable bonds is 8. The van der Waals surface area contributed by atoms with E-state index in [-0.39, 0.29) is 14.2 Å². The third-order valence-electron chi connectivity index (χ3n) is 5.25. The van der Waals surface area contributed by atoms with Crippen LogP contribution >= 0.6 is 0 Å². The SMILES string of the molecule is COC(OC[C@@H](OC(OC)(C(F)(F)F)C(F)(F)F)[C@H]1O[C@@H]2OC(C)(C)O[C@@H]2[C@H]1O)(C(F)(F)F)C(F)(F)F. The van der Waals surface area contributed by atoms with Crippen LogP contribution in [-0.2, 0) is 33.2 Å². The summed E-state index contributed by atoms with van der Waals surface area (Å²) in [6.45, 7) is 0.168. The predicted molar refractivity (Wildman–Crippen MR) is 89.2 cm³/mol. The van der Waals surface area contributed by atoms with Gasteiger partial charge in [0, 0.05) is 14.2 Å². The van der Waals surface area contributed by atoms with Gasteiger partial charge in [-0.25, -0.2) is 0 Å². The molecule has 0 aliphatic carbocycles. The van der Waals surface area contributed by atoms with Crippen LogP contribution < -0.4 is 0 Å². The molecule has 2 rings (SSSR count). The Morgan fingerprint density at radius 1 is 0.757 bits per heavy atom. The molecule has 5 atom stereocenters. The zero-order valence-corrected chi connectivity index (χ0v) is 18.9. The Balaban J connectivity index is 2.55. The smallest absolute Gasteiger partial charge is 0.387 e. The van der Waals surface area contributed by atoms with Crippen molar-refractivity contribution in [2.45, 2.75) is 86.6 Å². The van der Waals surface area contributed by atoms with Gasteiger partial charge in [0.05, 0.1) is 6.61 Å². The highest BCUT2D eigenvalue weighted by molar-refractivity contribution is 4.99. The van der Waals surface area contributed by atoms with Crippen molar-refractivity contribution in [3.63, 3.8) is 0 Å². The maximum atomic E-state index is 13.5. The first-order valence-electron chi connectivity index (χ1n) is 9.78. The van der Waals surface area contributed by atoms with Crippen LogP contribution in [0.4, 0.5) is 52.7 Å². The standard InChI is InChI=1S/C17H20F12O8/c1-11(2)36-9-7(30)8(34-10(9)37-11)6(35-13(32-4,16(24,25)26)17(27,28)29)5-33-12(31-3,14(18,19)20)15(21,22)23/h6-10,30H,5H2,1-4H3/t6-,7+,8-,9-,10-/m1/s1. The lowest BCUT2D eigenvalue weighted by molar-refractivity contribution is -0.489. The fraction of sp³-hybridized carbons (Fsp3) is 1.00. The van der Waals surface area contributed by atoms with E-state index in [1.807, 2.05) is 0 Å². The molecule has 0 unspecified atom stereocenters. The molecule has 20 heteroatoms. The molecule has 2 heterocycles. The lowest BCUT2D eigenvalue weighted by Crippen LogP contribution is -2.65. The summed E-state index contributed by atoms with van der Waals surface area (Å²) in [5, 5.41) is 10.4. The average molecular weight is 580 g/mol. The minimum Gasteiger partial charge on any atom is -0.387 e. The zero-order chi connectivity index (χ0) is 29.0. The van der Waals surface area contributed by atoms with Crippen molar-refractivity contribution in [2.75, 3.05) is 20.8 Å². The van der Waals surface area contributed by atoms with Crippen molar-refractivity contribution >= 4 is 0 Å². The molecule has 0 spiro atoms. The van der Waals surface area contributed by atoms with Crippen molar-refractivity contribution in [3.05, 3.63) is 0 Å². The van der Waals surface area contributed by atoms with Crippen LogP contribution in [0.2, 0.25) is 0 Å². The Morgan fingerprint density at radius 3 is 1.54 bits per heavy atom. The molecule has 0 radical (unpaired) electrons. The number of hydrogen-bond acceptors (Lipinski definition) is 8. The van der Waals surface area contributed by atoms with Crippen molar-refractivity contribution in [2.24, 2.45) is 0 Å². The van der Waals surface area contributed by atoms with E-state index >= 15 is 0 Å². The average Bonchev–Trinajstić information content (AvgIpc) is 3.13. The third kappa shape index (κ3) is 5.61. The van der Waals surface area contributed by atoms with Gasteiger partial charge in [-0.15, -0.1) is 0 Å². The quantitative estimate of drug-likeness (QED) is 0.345. The van der Waals surface area contributed by atoms with E-state index in [0.29, 0.717) is 0 Å². The molecule has 37 heavy (non-hydrogen) atoms. The maximum absolute atomic E-state index is 13.5. The van der Waals surface area contributed by atoms with Crippen molar-refractivity contribution in [3.8, 4) is 0 Å². The Hall–Kier alpha value is -1.16. The van der Waals surface area contributed by atoms with Crippen LogP contribution in [0, 0.1) is 0 Å². The van der Waals surface area contributed by atoms with Crippen LogP contribution in [0.1, 0.15) is 13.8 Å². The van der Waals surface area contributed by atoms with Crippen molar-refractivity contribution < 1.29 is 90.9 Å². The Morgan fingerprint density at radius 2 is 1.19 bits per heavy atom. The van der Waals surface area contributed by atoms with Crippen LogP contribution in [0.3, 0.4) is 0 Å². The highest BCUT2D eigenvalue weighted by atomic mass is 19.4. The van der Waals surface area contributed by atoms with Gasteiger partial charge in [0.25, 0.3) is 0 Å². The lowest BCUT2D eigenvalue weighted by atomic mass is 10.1. The van der Waals surface area contributed by atoms with Gasteiger partial charge in [-0.1, -0.05) is 0 Å². The summed E-state index contributed by atoms with van der Waals surface area (Å²) >= 11 is 0. The Bertz CT molecular complexity index is 765. The molecule has 2 aliphatic rings. The zero-order valence-electron chi connectivity index (χ0n) is 18.9. The number of fused-ring (bicyclic) bond motifs is 1. The highest BCUT2D eigenvalue weighted by Gasteiger charge is 2.77. The molecule has 1 N–H and O–H groups in total. The van der Waals surface area contributed by atoms with Gasteiger partial charge in [0.15, 0.2) is 12.1 Å². The molecule has 2 fully saturated rings. The van der Waals surface area contributed by atoms with Crippen molar-refractivity contribution in [1.82, 2.24) is 0 Å². The van der Waals surface area contributed by atoms with E-state index in [1.54, 1.807) is 0 Å². The van der Waals surface area contributed by atoms with Gasteiger partial charge in [0.1, 0.15) is 24.4 Å². The van der Waals surface area contributed by atoms with Gasteiger partial charge >= 0.3 is 36.3 Å². The van der Waals surface area contributed by atoms with Crippen LogP contribution in [0.15, 0.2) is 0 Å². The number of aliphatic hydroxyl groups excluding tert-OH is 1.